The number of aryl methyl sites for hydroxylation is 1. The third-order valence-electron chi connectivity index (χ3n) is 3.28. The zero-order chi connectivity index (χ0) is 14.5. The van der Waals surface area contributed by atoms with Crippen molar-refractivity contribution in [2.45, 2.75) is 39.8 Å². The molecule has 0 radical (unpaired) electrons. The third-order valence-corrected chi connectivity index (χ3v) is 3.28. The molecule has 0 amide bonds. The predicted molar refractivity (Wildman–Crippen MR) is 82.5 cm³/mol. The fourth-order valence-electron chi connectivity index (χ4n) is 2.02. The normalized spacial score (nSPS) is 10.8. The molecule has 0 spiro atoms. The van der Waals surface area contributed by atoms with Crippen LogP contribution in [0.25, 0.3) is 0 Å². The molecule has 0 aliphatic rings. The molecule has 4 nitrogen and oxygen atoms in total. The topological polar surface area (TPSA) is 63.8 Å². The van der Waals surface area contributed by atoms with Gasteiger partial charge in [-0.25, -0.2) is 9.97 Å². The van der Waals surface area contributed by atoms with Gasteiger partial charge >= 0.3 is 0 Å². The first-order valence-corrected chi connectivity index (χ1v) is 6.95. The second kappa shape index (κ2) is 6.48. The fraction of sp³-hybridized carbons (Fsp3) is 0.375. The molecule has 106 valence electrons. The molecule has 0 unspecified atom stereocenters. The summed E-state index contributed by atoms with van der Waals surface area (Å²) in [5, 5.41) is 3.41. The zero-order valence-corrected chi connectivity index (χ0v) is 12.4. The van der Waals surface area contributed by atoms with Gasteiger partial charge in [0.15, 0.2) is 0 Å². The number of hydrogen-bond acceptors (Lipinski definition) is 4. The molecule has 20 heavy (non-hydrogen) atoms. The van der Waals surface area contributed by atoms with Crippen LogP contribution in [0.5, 0.6) is 0 Å². The first kappa shape index (κ1) is 14.5. The van der Waals surface area contributed by atoms with Crippen molar-refractivity contribution in [3.63, 3.8) is 0 Å². The van der Waals surface area contributed by atoms with Crippen molar-refractivity contribution >= 4 is 5.82 Å². The number of aromatic nitrogens is 2. The summed E-state index contributed by atoms with van der Waals surface area (Å²) in [5.41, 5.74) is 9.11. The molecular weight excluding hydrogens is 248 g/mol. The Labute approximate surface area is 120 Å². The molecule has 2 aromatic rings. The highest BCUT2D eigenvalue weighted by atomic mass is 15.0. The Morgan fingerprint density at radius 3 is 2.40 bits per heavy atom. The van der Waals surface area contributed by atoms with Crippen molar-refractivity contribution in [1.82, 2.24) is 9.97 Å². The van der Waals surface area contributed by atoms with Crippen LogP contribution in [0.15, 0.2) is 30.5 Å². The van der Waals surface area contributed by atoms with E-state index in [1.807, 2.05) is 13.1 Å². The number of anilines is 1. The maximum atomic E-state index is 5.60. The summed E-state index contributed by atoms with van der Waals surface area (Å²) in [6.45, 7) is 7.53. The van der Waals surface area contributed by atoms with Crippen LogP contribution in [0, 0.1) is 6.92 Å². The number of nitrogens with zero attached hydrogens (tertiary/aromatic N) is 2. The molecule has 3 N–H and O–H groups in total. The van der Waals surface area contributed by atoms with Crippen molar-refractivity contribution in [2.24, 2.45) is 5.73 Å². The Balaban J connectivity index is 2.11. The molecule has 2 rings (SSSR count). The largest absolute Gasteiger partial charge is 0.366 e. The van der Waals surface area contributed by atoms with Crippen LogP contribution in [0.3, 0.4) is 0 Å². The number of rotatable bonds is 5. The molecule has 0 bridgehead atoms. The summed E-state index contributed by atoms with van der Waals surface area (Å²) in [5.74, 6) is 2.11. The van der Waals surface area contributed by atoms with Gasteiger partial charge in [0.25, 0.3) is 0 Å². The summed E-state index contributed by atoms with van der Waals surface area (Å²) in [6, 6.07) is 8.31. The molecule has 0 atom stereocenters. The van der Waals surface area contributed by atoms with Gasteiger partial charge in [0.1, 0.15) is 11.6 Å². The number of nitrogens with two attached hydrogens (primary N) is 1. The molecular formula is C16H22N4. The van der Waals surface area contributed by atoms with Gasteiger partial charge in [-0.15, -0.1) is 0 Å². The average Bonchev–Trinajstić information content (AvgIpc) is 2.45. The van der Waals surface area contributed by atoms with Crippen LogP contribution in [0.2, 0.25) is 0 Å². The van der Waals surface area contributed by atoms with E-state index in [9.17, 15) is 0 Å². The lowest BCUT2D eigenvalue weighted by Gasteiger charge is -2.14. The van der Waals surface area contributed by atoms with Gasteiger partial charge in [-0.1, -0.05) is 38.1 Å². The van der Waals surface area contributed by atoms with E-state index < -0.39 is 0 Å². The second-order valence-corrected chi connectivity index (χ2v) is 5.25. The van der Waals surface area contributed by atoms with Crippen LogP contribution in [-0.4, -0.2) is 9.97 Å². The molecule has 4 heteroatoms. The molecule has 0 fully saturated rings. The van der Waals surface area contributed by atoms with Crippen LogP contribution < -0.4 is 11.1 Å². The van der Waals surface area contributed by atoms with E-state index in [0.717, 1.165) is 29.3 Å². The van der Waals surface area contributed by atoms with Gasteiger partial charge in [-0.05, 0) is 24.0 Å². The molecule has 0 saturated heterocycles. The summed E-state index contributed by atoms with van der Waals surface area (Å²) >= 11 is 0. The van der Waals surface area contributed by atoms with Crippen LogP contribution in [-0.2, 0) is 13.1 Å². The molecule has 0 saturated carbocycles. The van der Waals surface area contributed by atoms with Crippen molar-refractivity contribution in [1.29, 1.82) is 0 Å². The van der Waals surface area contributed by atoms with Gasteiger partial charge in [-0.2, -0.15) is 0 Å². The van der Waals surface area contributed by atoms with E-state index in [1.54, 1.807) is 0 Å². The highest BCUT2D eigenvalue weighted by Gasteiger charge is 2.09. The van der Waals surface area contributed by atoms with E-state index >= 15 is 0 Å². The second-order valence-electron chi connectivity index (χ2n) is 5.25. The predicted octanol–water partition coefficient (Wildman–Crippen LogP) is 2.98. The Bertz CT molecular complexity index is 561. The lowest BCUT2D eigenvalue weighted by molar-refractivity contribution is 0.836. The first-order chi connectivity index (χ1) is 9.60. The highest BCUT2D eigenvalue weighted by Crippen LogP contribution is 2.21. The SMILES string of the molecule is Cc1ncc(C(C)C)c(NCc2ccc(CN)cc2)n1. The van der Waals surface area contributed by atoms with Crippen molar-refractivity contribution in [2.75, 3.05) is 5.32 Å². The number of hydrogen-bond donors (Lipinski definition) is 2. The van der Waals surface area contributed by atoms with E-state index in [4.69, 9.17) is 5.73 Å². The zero-order valence-electron chi connectivity index (χ0n) is 12.4. The van der Waals surface area contributed by atoms with Gasteiger partial charge in [0.05, 0.1) is 0 Å². The minimum absolute atomic E-state index is 0.401. The van der Waals surface area contributed by atoms with E-state index in [0.29, 0.717) is 12.5 Å². The minimum atomic E-state index is 0.401. The first-order valence-electron chi connectivity index (χ1n) is 6.95. The summed E-state index contributed by atoms with van der Waals surface area (Å²) in [6.07, 6.45) is 1.91. The number of nitrogens with one attached hydrogen (secondary N) is 1. The Morgan fingerprint density at radius 2 is 1.80 bits per heavy atom. The molecule has 0 aliphatic heterocycles. The minimum Gasteiger partial charge on any atom is -0.366 e. The fourth-order valence-corrected chi connectivity index (χ4v) is 2.02. The molecule has 1 aromatic carbocycles. The molecule has 1 heterocycles. The highest BCUT2D eigenvalue weighted by molar-refractivity contribution is 5.45. The van der Waals surface area contributed by atoms with Crippen LogP contribution in [0.1, 0.15) is 42.3 Å². The maximum absolute atomic E-state index is 5.60. The quantitative estimate of drug-likeness (QED) is 0.876. The van der Waals surface area contributed by atoms with E-state index in [2.05, 4.69) is 53.4 Å². The lowest BCUT2D eigenvalue weighted by atomic mass is 10.1. The average molecular weight is 270 g/mol. The van der Waals surface area contributed by atoms with Crippen molar-refractivity contribution in [3.05, 3.63) is 53.0 Å². The maximum Gasteiger partial charge on any atom is 0.133 e. The lowest BCUT2D eigenvalue weighted by Crippen LogP contribution is -2.08. The third kappa shape index (κ3) is 3.54. The van der Waals surface area contributed by atoms with Gasteiger partial charge in [-0.3, -0.25) is 0 Å². The summed E-state index contributed by atoms with van der Waals surface area (Å²) in [4.78, 5) is 8.77. The van der Waals surface area contributed by atoms with Gasteiger partial charge in [0.2, 0.25) is 0 Å². The van der Waals surface area contributed by atoms with Crippen LogP contribution in [0.4, 0.5) is 5.82 Å². The van der Waals surface area contributed by atoms with Gasteiger partial charge in [0, 0.05) is 24.8 Å². The smallest absolute Gasteiger partial charge is 0.133 e. The van der Waals surface area contributed by atoms with Gasteiger partial charge < -0.3 is 11.1 Å². The Hall–Kier alpha value is -1.94. The standard InChI is InChI=1S/C16H22N4/c1-11(2)15-10-18-12(3)20-16(15)19-9-14-6-4-13(8-17)5-7-14/h4-7,10-11H,8-9,17H2,1-3H3,(H,18,19,20). The monoisotopic (exact) mass is 270 g/mol. The summed E-state index contributed by atoms with van der Waals surface area (Å²) in [7, 11) is 0. The molecule has 0 aliphatic carbocycles. The number of benzene rings is 1. The Morgan fingerprint density at radius 1 is 1.15 bits per heavy atom. The van der Waals surface area contributed by atoms with Crippen molar-refractivity contribution in [3.8, 4) is 0 Å². The summed E-state index contributed by atoms with van der Waals surface area (Å²) < 4.78 is 0. The van der Waals surface area contributed by atoms with Crippen LogP contribution >= 0.6 is 0 Å². The van der Waals surface area contributed by atoms with E-state index in [-0.39, 0.29) is 0 Å². The van der Waals surface area contributed by atoms with Crippen molar-refractivity contribution < 1.29 is 0 Å². The van der Waals surface area contributed by atoms with E-state index in [1.165, 1.54) is 5.56 Å². The Kier molecular flexibility index (Phi) is 4.69. The molecule has 1 aromatic heterocycles.